The lowest BCUT2D eigenvalue weighted by molar-refractivity contribution is 0.202. The Kier molecular flexibility index (Phi) is 6.37. The summed E-state index contributed by atoms with van der Waals surface area (Å²) in [4.78, 5) is 4.95. The number of piperidine rings is 1. The minimum Gasteiger partial charge on any atom is -0.306 e. The molecule has 0 atom stereocenters. The van der Waals surface area contributed by atoms with Crippen LogP contribution in [0.1, 0.15) is 39.5 Å². The van der Waals surface area contributed by atoms with Crippen LogP contribution in [0.4, 0.5) is 0 Å². The van der Waals surface area contributed by atoms with E-state index in [1.165, 1.54) is 51.9 Å². The molecule has 1 saturated heterocycles. The molecule has 0 amide bonds. The first-order valence-corrected chi connectivity index (χ1v) is 6.95. The maximum absolute atomic E-state index is 2.49. The largest absolute Gasteiger partial charge is 0.306 e. The molecule has 0 saturated carbocycles. The number of nitrogens with zero attached hydrogens (tertiary/aromatic N) is 2. The number of hydrogen-bond acceptors (Lipinski definition) is 2. The van der Waals surface area contributed by atoms with E-state index in [2.05, 4.69) is 37.7 Å². The zero-order valence-corrected chi connectivity index (χ0v) is 11.7. The summed E-state index contributed by atoms with van der Waals surface area (Å²) >= 11 is 0. The molecule has 1 fully saturated rings. The van der Waals surface area contributed by atoms with E-state index in [1.807, 2.05) is 0 Å². The van der Waals surface area contributed by atoms with Crippen molar-refractivity contribution >= 4 is 0 Å². The van der Waals surface area contributed by atoms with Gasteiger partial charge in [-0.15, -0.1) is 0 Å². The van der Waals surface area contributed by atoms with Crippen LogP contribution in [-0.2, 0) is 0 Å². The van der Waals surface area contributed by atoms with Crippen molar-refractivity contribution in [2.75, 3.05) is 40.3 Å². The first-order valence-electron chi connectivity index (χ1n) is 6.95. The third-order valence-corrected chi connectivity index (χ3v) is 3.67. The second kappa shape index (κ2) is 7.29. The van der Waals surface area contributed by atoms with Crippen molar-refractivity contribution in [1.29, 1.82) is 0 Å². The second-order valence-electron chi connectivity index (χ2n) is 6.04. The summed E-state index contributed by atoms with van der Waals surface area (Å²) < 4.78 is 0. The summed E-state index contributed by atoms with van der Waals surface area (Å²) in [7, 11) is 4.50. The fraction of sp³-hybridized carbons (Fsp3) is 1.00. The van der Waals surface area contributed by atoms with Crippen LogP contribution >= 0.6 is 0 Å². The maximum Gasteiger partial charge on any atom is 0.000133 e. The highest BCUT2D eigenvalue weighted by Crippen LogP contribution is 2.20. The lowest BCUT2D eigenvalue weighted by Gasteiger charge is -2.29. The lowest BCUT2D eigenvalue weighted by Crippen LogP contribution is -2.31. The molecule has 16 heavy (non-hydrogen) atoms. The molecule has 0 unspecified atom stereocenters. The van der Waals surface area contributed by atoms with Crippen molar-refractivity contribution < 1.29 is 0 Å². The topological polar surface area (TPSA) is 6.48 Å². The average molecular weight is 226 g/mol. The minimum absolute atomic E-state index is 0.799. The van der Waals surface area contributed by atoms with Crippen molar-refractivity contribution in [1.82, 2.24) is 9.80 Å². The molecule has 0 aliphatic carbocycles. The van der Waals surface area contributed by atoms with E-state index in [0.717, 1.165) is 11.8 Å². The van der Waals surface area contributed by atoms with Gasteiger partial charge in [-0.3, -0.25) is 0 Å². The Hall–Kier alpha value is -0.0800. The van der Waals surface area contributed by atoms with E-state index in [9.17, 15) is 0 Å². The Morgan fingerprint density at radius 1 is 1.25 bits per heavy atom. The van der Waals surface area contributed by atoms with Gasteiger partial charge in [-0.25, -0.2) is 0 Å². The standard InChI is InChI=1S/C14H30N2/c1-13(2)12-16(4)9-5-6-14-7-10-15(3)11-8-14/h13-14H,5-12H2,1-4H3. The molecule has 0 radical (unpaired) electrons. The van der Waals surface area contributed by atoms with Crippen LogP contribution < -0.4 is 0 Å². The fourth-order valence-corrected chi connectivity index (χ4v) is 2.72. The normalized spacial score (nSPS) is 19.9. The summed E-state index contributed by atoms with van der Waals surface area (Å²) in [5, 5.41) is 0. The molecule has 0 aromatic heterocycles. The Bertz CT molecular complexity index is 172. The van der Waals surface area contributed by atoms with Crippen LogP contribution in [0.25, 0.3) is 0 Å². The van der Waals surface area contributed by atoms with Gasteiger partial charge in [-0.1, -0.05) is 13.8 Å². The number of rotatable bonds is 6. The van der Waals surface area contributed by atoms with Gasteiger partial charge in [0.1, 0.15) is 0 Å². The number of likely N-dealkylation sites (tertiary alicyclic amines) is 1. The van der Waals surface area contributed by atoms with Gasteiger partial charge in [-0.2, -0.15) is 0 Å². The Morgan fingerprint density at radius 2 is 1.88 bits per heavy atom. The Morgan fingerprint density at radius 3 is 2.44 bits per heavy atom. The van der Waals surface area contributed by atoms with E-state index in [-0.39, 0.29) is 0 Å². The predicted octanol–water partition coefficient (Wildman–Crippen LogP) is 2.70. The molecule has 2 heteroatoms. The van der Waals surface area contributed by atoms with Crippen molar-refractivity contribution in [3.63, 3.8) is 0 Å². The van der Waals surface area contributed by atoms with Gasteiger partial charge in [0.2, 0.25) is 0 Å². The second-order valence-corrected chi connectivity index (χ2v) is 6.04. The molecule has 1 heterocycles. The molecule has 2 nitrogen and oxygen atoms in total. The van der Waals surface area contributed by atoms with Gasteiger partial charge in [0, 0.05) is 6.54 Å². The predicted molar refractivity (Wildman–Crippen MR) is 71.8 cm³/mol. The van der Waals surface area contributed by atoms with Crippen LogP contribution in [0.3, 0.4) is 0 Å². The van der Waals surface area contributed by atoms with Crippen LogP contribution in [0.5, 0.6) is 0 Å². The Balaban J connectivity index is 2.02. The first-order chi connectivity index (χ1) is 7.58. The van der Waals surface area contributed by atoms with E-state index in [4.69, 9.17) is 0 Å². The molecular formula is C14H30N2. The van der Waals surface area contributed by atoms with Crippen molar-refractivity contribution in [2.24, 2.45) is 11.8 Å². The van der Waals surface area contributed by atoms with E-state index in [0.29, 0.717) is 0 Å². The molecular weight excluding hydrogens is 196 g/mol. The molecule has 0 aromatic rings. The van der Waals surface area contributed by atoms with E-state index >= 15 is 0 Å². The monoisotopic (exact) mass is 226 g/mol. The van der Waals surface area contributed by atoms with Crippen LogP contribution in [0.2, 0.25) is 0 Å². The lowest BCUT2D eigenvalue weighted by atomic mass is 9.92. The van der Waals surface area contributed by atoms with E-state index < -0.39 is 0 Å². The molecule has 0 aromatic carbocycles. The highest BCUT2D eigenvalue weighted by molar-refractivity contribution is 4.70. The van der Waals surface area contributed by atoms with Gasteiger partial charge in [-0.05, 0) is 71.2 Å². The van der Waals surface area contributed by atoms with Crippen molar-refractivity contribution in [3.05, 3.63) is 0 Å². The molecule has 1 aliphatic rings. The maximum atomic E-state index is 2.49. The van der Waals surface area contributed by atoms with Crippen molar-refractivity contribution in [2.45, 2.75) is 39.5 Å². The minimum atomic E-state index is 0.799. The smallest absolute Gasteiger partial charge is 0.000133 e. The quantitative estimate of drug-likeness (QED) is 0.687. The molecule has 0 N–H and O–H groups in total. The molecule has 1 aliphatic heterocycles. The molecule has 1 rings (SSSR count). The highest BCUT2D eigenvalue weighted by Gasteiger charge is 2.16. The van der Waals surface area contributed by atoms with Gasteiger partial charge < -0.3 is 9.80 Å². The van der Waals surface area contributed by atoms with Gasteiger partial charge in [0.05, 0.1) is 0 Å². The van der Waals surface area contributed by atoms with Crippen LogP contribution in [-0.4, -0.2) is 50.1 Å². The summed E-state index contributed by atoms with van der Waals surface area (Å²) in [6.45, 7) is 9.75. The fourth-order valence-electron chi connectivity index (χ4n) is 2.72. The van der Waals surface area contributed by atoms with Crippen LogP contribution in [0.15, 0.2) is 0 Å². The third-order valence-electron chi connectivity index (χ3n) is 3.67. The van der Waals surface area contributed by atoms with Gasteiger partial charge in [0.15, 0.2) is 0 Å². The highest BCUT2D eigenvalue weighted by atomic mass is 15.1. The first kappa shape index (κ1) is 14.0. The average Bonchev–Trinajstić information content (AvgIpc) is 2.20. The number of hydrogen-bond donors (Lipinski definition) is 0. The summed E-state index contributed by atoms with van der Waals surface area (Å²) in [6, 6.07) is 0. The van der Waals surface area contributed by atoms with E-state index in [1.54, 1.807) is 0 Å². The van der Waals surface area contributed by atoms with Crippen molar-refractivity contribution in [3.8, 4) is 0 Å². The zero-order chi connectivity index (χ0) is 12.0. The van der Waals surface area contributed by atoms with Gasteiger partial charge in [0.25, 0.3) is 0 Å². The third kappa shape index (κ3) is 5.86. The molecule has 0 bridgehead atoms. The Labute approximate surface area is 102 Å². The summed E-state index contributed by atoms with van der Waals surface area (Å²) in [6.07, 6.45) is 5.67. The zero-order valence-electron chi connectivity index (χ0n) is 11.7. The summed E-state index contributed by atoms with van der Waals surface area (Å²) in [5.41, 5.74) is 0. The van der Waals surface area contributed by atoms with Crippen LogP contribution in [0, 0.1) is 11.8 Å². The summed E-state index contributed by atoms with van der Waals surface area (Å²) in [5.74, 6) is 1.80. The SMILES string of the molecule is CC(C)CN(C)CCCC1CCN(C)CC1. The molecule has 96 valence electrons. The molecule has 0 spiro atoms. The van der Waals surface area contributed by atoms with Gasteiger partial charge >= 0.3 is 0 Å².